The molecule has 2 N–H and O–H groups in total. The second kappa shape index (κ2) is 5.73. The Balaban J connectivity index is 2.39. The van der Waals surface area contributed by atoms with Gasteiger partial charge in [-0.2, -0.15) is 13.2 Å². The highest BCUT2D eigenvalue weighted by atomic mass is 19.4. The molecule has 2 rings (SSSR count). The quantitative estimate of drug-likeness (QED) is 0.693. The molecule has 104 valence electrons. The Hall–Kier alpha value is -2.37. The van der Waals surface area contributed by atoms with Crippen molar-refractivity contribution in [3.8, 4) is 0 Å². The van der Waals surface area contributed by atoms with Crippen molar-refractivity contribution in [3.05, 3.63) is 66.0 Å². The Kier molecular flexibility index (Phi) is 4.02. The van der Waals surface area contributed by atoms with E-state index in [0.717, 1.165) is 0 Å². The van der Waals surface area contributed by atoms with Gasteiger partial charge in [-0.25, -0.2) is 4.99 Å². The molecular weight excluding hydrogens is 267 g/mol. The smallest absolute Gasteiger partial charge is 0.382 e. The number of hydrogen-bond acceptors (Lipinski definition) is 2. The van der Waals surface area contributed by atoms with Crippen LogP contribution in [0.1, 0.15) is 17.3 Å². The molecule has 2 aromatic rings. The van der Waals surface area contributed by atoms with Crippen LogP contribution in [-0.2, 0) is 0 Å². The van der Waals surface area contributed by atoms with Gasteiger partial charge in [0.25, 0.3) is 0 Å². The van der Waals surface area contributed by atoms with E-state index in [4.69, 9.17) is 5.73 Å². The number of nitrogens with two attached hydrogens (primary N) is 1. The van der Waals surface area contributed by atoms with Gasteiger partial charge >= 0.3 is 6.18 Å². The molecule has 0 fully saturated rings. The van der Waals surface area contributed by atoms with Crippen LogP contribution in [0.2, 0.25) is 0 Å². The minimum Gasteiger partial charge on any atom is -0.382 e. The van der Waals surface area contributed by atoms with Gasteiger partial charge in [0.1, 0.15) is 11.5 Å². The molecule has 20 heavy (non-hydrogen) atoms. The highest BCUT2D eigenvalue weighted by Crippen LogP contribution is 2.35. The van der Waals surface area contributed by atoms with Crippen molar-refractivity contribution < 1.29 is 13.2 Å². The number of aromatic nitrogens is 1. The summed E-state index contributed by atoms with van der Waals surface area (Å²) in [5.74, 6) is -0.239. The molecule has 0 spiro atoms. The van der Waals surface area contributed by atoms with Crippen LogP contribution in [0.4, 0.5) is 13.2 Å². The van der Waals surface area contributed by atoms with Gasteiger partial charge < -0.3 is 5.73 Å². The van der Waals surface area contributed by atoms with E-state index < -0.39 is 12.2 Å². The van der Waals surface area contributed by atoms with E-state index in [1.807, 2.05) is 0 Å². The number of nitrogens with zero attached hydrogens (tertiary/aromatic N) is 2. The lowest BCUT2D eigenvalue weighted by Crippen LogP contribution is -2.24. The second-order valence-corrected chi connectivity index (χ2v) is 4.08. The summed E-state index contributed by atoms with van der Waals surface area (Å²) in [5, 5.41) is 0. The molecule has 0 saturated heterocycles. The molecule has 1 atom stereocenters. The third kappa shape index (κ3) is 3.34. The number of aliphatic imine (C=N–C) groups is 1. The van der Waals surface area contributed by atoms with Crippen LogP contribution in [0.5, 0.6) is 0 Å². The third-order valence-corrected chi connectivity index (χ3v) is 2.62. The topological polar surface area (TPSA) is 51.3 Å². The molecule has 3 nitrogen and oxygen atoms in total. The van der Waals surface area contributed by atoms with Crippen LogP contribution in [-0.4, -0.2) is 17.0 Å². The van der Waals surface area contributed by atoms with Crippen molar-refractivity contribution in [1.82, 2.24) is 4.98 Å². The van der Waals surface area contributed by atoms with Crippen molar-refractivity contribution in [2.45, 2.75) is 12.2 Å². The summed E-state index contributed by atoms with van der Waals surface area (Å²) < 4.78 is 39.3. The van der Waals surface area contributed by atoms with E-state index in [2.05, 4.69) is 9.98 Å². The number of amidine groups is 1. The van der Waals surface area contributed by atoms with Gasteiger partial charge in [-0.15, -0.1) is 0 Å². The van der Waals surface area contributed by atoms with Crippen molar-refractivity contribution in [3.63, 3.8) is 0 Å². The van der Waals surface area contributed by atoms with Crippen LogP contribution in [0.25, 0.3) is 0 Å². The van der Waals surface area contributed by atoms with Gasteiger partial charge in [0, 0.05) is 6.20 Å². The maximum Gasteiger partial charge on any atom is 0.415 e. The summed E-state index contributed by atoms with van der Waals surface area (Å²) in [6, 6.07) is 10.2. The van der Waals surface area contributed by atoms with Gasteiger partial charge in [0.2, 0.25) is 0 Å². The first-order chi connectivity index (χ1) is 9.48. The lowest BCUT2D eigenvalue weighted by molar-refractivity contribution is -0.148. The maximum absolute atomic E-state index is 13.1. The molecule has 1 heterocycles. The molecule has 0 aliphatic heterocycles. The van der Waals surface area contributed by atoms with Gasteiger partial charge in [0.05, 0.1) is 0 Å². The van der Waals surface area contributed by atoms with Crippen molar-refractivity contribution >= 4 is 5.84 Å². The SMILES string of the molecule is NC(=NC(c1ccccc1)C(F)(F)F)c1ccccn1. The molecule has 1 aromatic carbocycles. The molecule has 0 aliphatic rings. The molecule has 1 aromatic heterocycles. The predicted molar refractivity (Wildman–Crippen MR) is 70.2 cm³/mol. The van der Waals surface area contributed by atoms with E-state index >= 15 is 0 Å². The molecule has 0 amide bonds. The fourth-order valence-electron chi connectivity index (χ4n) is 1.69. The summed E-state index contributed by atoms with van der Waals surface area (Å²) in [6.45, 7) is 0. The van der Waals surface area contributed by atoms with E-state index in [0.29, 0.717) is 0 Å². The Morgan fingerprint density at radius 2 is 1.70 bits per heavy atom. The minimum absolute atomic E-state index is 0.0406. The van der Waals surface area contributed by atoms with Crippen LogP contribution in [0, 0.1) is 0 Å². The zero-order valence-corrected chi connectivity index (χ0v) is 10.4. The molecule has 0 radical (unpaired) electrons. The lowest BCUT2D eigenvalue weighted by atomic mass is 10.1. The fraction of sp³-hybridized carbons (Fsp3) is 0.143. The molecule has 6 heteroatoms. The van der Waals surface area contributed by atoms with Crippen molar-refractivity contribution in [1.29, 1.82) is 0 Å². The summed E-state index contributed by atoms with van der Waals surface area (Å²) in [4.78, 5) is 7.48. The van der Waals surface area contributed by atoms with Gasteiger partial charge in [-0.05, 0) is 17.7 Å². The first-order valence-electron chi connectivity index (χ1n) is 5.85. The third-order valence-electron chi connectivity index (χ3n) is 2.62. The summed E-state index contributed by atoms with van der Waals surface area (Å²) in [5.41, 5.74) is 5.88. The van der Waals surface area contributed by atoms with E-state index in [9.17, 15) is 13.2 Å². The number of pyridine rings is 1. The first-order valence-corrected chi connectivity index (χ1v) is 5.85. The van der Waals surface area contributed by atoms with Crippen LogP contribution >= 0.6 is 0 Å². The lowest BCUT2D eigenvalue weighted by Gasteiger charge is -2.17. The summed E-state index contributed by atoms with van der Waals surface area (Å²) >= 11 is 0. The highest BCUT2D eigenvalue weighted by Gasteiger charge is 2.41. The summed E-state index contributed by atoms with van der Waals surface area (Å²) in [6.07, 6.45) is -3.07. The molecule has 0 saturated carbocycles. The Morgan fingerprint density at radius 3 is 2.25 bits per heavy atom. The molecule has 1 unspecified atom stereocenters. The molecular formula is C14H12F3N3. The largest absolute Gasteiger partial charge is 0.415 e. The standard InChI is InChI=1S/C14H12F3N3/c15-14(16,17)12(10-6-2-1-3-7-10)20-13(18)11-8-4-5-9-19-11/h1-9,12H,(H2,18,20). The number of rotatable bonds is 3. The average molecular weight is 279 g/mol. The highest BCUT2D eigenvalue weighted by molar-refractivity contribution is 5.95. The zero-order chi connectivity index (χ0) is 14.6. The van der Waals surface area contributed by atoms with Gasteiger partial charge in [0.15, 0.2) is 6.04 Å². The molecule has 0 bridgehead atoms. The van der Waals surface area contributed by atoms with Crippen molar-refractivity contribution in [2.75, 3.05) is 0 Å². The first kappa shape index (κ1) is 14.0. The van der Waals surface area contributed by atoms with Gasteiger partial charge in [-0.1, -0.05) is 36.4 Å². The summed E-state index contributed by atoms with van der Waals surface area (Å²) in [7, 11) is 0. The minimum atomic E-state index is -4.51. The van der Waals surface area contributed by atoms with Crippen LogP contribution < -0.4 is 5.73 Å². The van der Waals surface area contributed by atoms with Crippen molar-refractivity contribution in [2.24, 2.45) is 10.7 Å². The molecule has 0 aliphatic carbocycles. The number of alkyl halides is 3. The van der Waals surface area contributed by atoms with Crippen LogP contribution in [0.3, 0.4) is 0 Å². The van der Waals surface area contributed by atoms with E-state index in [-0.39, 0.29) is 17.1 Å². The Labute approximate surface area is 114 Å². The Bertz CT molecular complexity index is 580. The van der Waals surface area contributed by atoms with Crippen LogP contribution in [0.15, 0.2) is 59.7 Å². The van der Waals surface area contributed by atoms with Gasteiger partial charge in [-0.3, -0.25) is 4.98 Å². The second-order valence-electron chi connectivity index (χ2n) is 4.08. The number of benzene rings is 1. The monoisotopic (exact) mass is 279 g/mol. The average Bonchev–Trinajstić information content (AvgIpc) is 2.45. The predicted octanol–water partition coefficient (Wildman–Crippen LogP) is 3.09. The Morgan fingerprint density at radius 1 is 1.05 bits per heavy atom. The van der Waals surface area contributed by atoms with E-state index in [1.165, 1.54) is 36.5 Å². The number of halogens is 3. The maximum atomic E-state index is 13.1. The fourth-order valence-corrected chi connectivity index (χ4v) is 1.69. The number of hydrogen-bond donors (Lipinski definition) is 1. The normalized spacial score (nSPS) is 14.1. The zero-order valence-electron chi connectivity index (χ0n) is 10.4. The van der Waals surface area contributed by atoms with E-state index in [1.54, 1.807) is 18.2 Å².